The second-order valence-corrected chi connectivity index (χ2v) is 18.3. The summed E-state index contributed by atoms with van der Waals surface area (Å²) in [7, 11) is 0. The molecule has 11 atom stereocenters. The summed E-state index contributed by atoms with van der Waals surface area (Å²) in [6.45, 7) is 2.48. The molecule has 0 amide bonds. The molecule has 0 aliphatic carbocycles. The van der Waals surface area contributed by atoms with Crippen LogP contribution >= 0.6 is 0 Å². The fourth-order valence-electron chi connectivity index (χ4n) is 8.11. The summed E-state index contributed by atoms with van der Waals surface area (Å²) < 4.78 is 33.6. The standard InChI is InChI=1S/C52H92O15/c1-3-5-7-9-11-13-15-17-19-20-21-23-25-27-29-31-33-35-44(55)65-40(37-62-43(54)34-32-30-28-26-24-22-18-16-14-12-10-8-6-4-2)38-63-51-50(61)48(59)46(57)42(67-51)39-64-52-49(60)47(58)45(56)41(36-53)66-52/h5,7,11,13,17,19,40-42,45-53,56-61H,3-4,6,8-10,12,14-16,18,20-39H2,1-2H3/b7-5-,13-11-,19-17-. The Hall–Kier alpha value is -2.28. The van der Waals surface area contributed by atoms with Crippen molar-refractivity contribution >= 4 is 11.9 Å². The molecule has 0 bridgehead atoms. The van der Waals surface area contributed by atoms with E-state index < -0.39 is 92.7 Å². The highest BCUT2D eigenvalue weighted by atomic mass is 16.7. The van der Waals surface area contributed by atoms with Crippen molar-refractivity contribution in [2.45, 2.75) is 255 Å². The Bertz CT molecular complexity index is 1310. The summed E-state index contributed by atoms with van der Waals surface area (Å²) >= 11 is 0. The molecule has 0 aromatic heterocycles. The molecule has 0 spiro atoms. The normalized spacial score (nSPS) is 26.2. The molecule has 2 fully saturated rings. The minimum Gasteiger partial charge on any atom is -0.462 e. The van der Waals surface area contributed by atoms with E-state index in [-0.39, 0.29) is 26.1 Å². The van der Waals surface area contributed by atoms with E-state index in [4.69, 9.17) is 28.4 Å². The number of unbranched alkanes of at least 4 members (excludes halogenated alkanes) is 20. The number of esters is 2. The van der Waals surface area contributed by atoms with Crippen LogP contribution in [-0.4, -0.2) is 142 Å². The maximum absolute atomic E-state index is 13.0. The van der Waals surface area contributed by atoms with Crippen LogP contribution in [0.4, 0.5) is 0 Å². The van der Waals surface area contributed by atoms with Gasteiger partial charge in [0, 0.05) is 12.8 Å². The van der Waals surface area contributed by atoms with Crippen molar-refractivity contribution in [2.75, 3.05) is 26.4 Å². The van der Waals surface area contributed by atoms with Gasteiger partial charge in [0.15, 0.2) is 18.7 Å². The first-order chi connectivity index (χ1) is 32.5. The molecule has 0 saturated carbocycles. The van der Waals surface area contributed by atoms with E-state index in [0.717, 1.165) is 83.5 Å². The Morgan fingerprint density at radius 2 is 0.940 bits per heavy atom. The highest BCUT2D eigenvalue weighted by Crippen LogP contribution is 2.26. The summed E-state index contributed by atoms with van der Waals surface area (Å²) in [4.78, 5) is 25.8. The monoisotopic (exact) mass is 957 g/mol. The van der Waals surface area contributed by atoms with Crippen molar-refractivity contribution in [1.29, 1.82) is 0 Å². The van der Waals surface area contributed by atoms with E-state index >= 15 is 0 Å². The van der Waals surface area contributed by atoms with Gasteiger partial charge in [0.05, 0.1) is 19.8 Å². The first-order valence-electron chi connectivity index (χ1n) is 26.1. The van der Waals surface area contributed by atoms with Gasteiger partial charge in [-0.1, -0.05) is 166 Å². The molecule has 2 saturated heterocycles. The lowest BCUT2D eigenvalue weighted by Gasteiger charge is -2.42. The Morgan fingerprint density at radius 3 is 1.48 bits per heavy atom. The molecule has 67 heavy (non-hydrogen) atoms. The van der Waals surface area contributed by atoms with Gasteiger partial charge in [-0.25, -0.2) is 0 Å². The van der Waals surface area contributed by atoms with Crippen LogP contribution in [0.25, 0.3) is 0 Å². The third-order valence-electron chi connectivity index (χ3n) is 12.4. The van der Waals surface area contributed by atoms with Gasteiger partial charge in [-0.05, 0) is 44.9 Å². The molecule has 15 nitrogen and oxygen atoms in total. The largest absolute Gasteiger partial charge is 0.462 e. The first-order valence-corrected chi connectivity index (χ1v) is 26.1. The summed E-state index contributed by atoms with van der Waals surface area (Å²) in [5, 5.41) is 72.1. The lowest BCUT2D eigenvalue weighted by atomic mass is 9.98. The molecule has 2 aliphatic heterocycles. The van der Waals surface area contributed by atoms with E-state index in [1.54, 1.807) is 0 Å². The number of hydrogen-bond acceptors (Lipinski definition) is 15. The smallest absolute Gasteiger partial charge is 0.306 e. The Labute approximate surface area is 402 Å². The number of aliphatic hydroxyl groups excluding tert-OH is 7. The predicted molar refractivity (Wildman–Crippen MR) is 257 cm³/mol. The molecule has 15 heteroatoms. The Kier molecular flexibility index (Phi) is 35.8. The molecule has 0 aromatic rings. The third-order valence-corrected chi connectivity index (χ3v) is 12.4. The van der Waals surface area contributed by atoms with Crippen molar-refractivity contribution < 1.29 is 73.8 Å². The summed E-state index contributed by atoms with van der Waals surface area (Å²) in [5.74, 6) is -0.931. The number of carbonyl (C=O) groups is 2. The summed E-state index contributed by atoms with van der Waals surface area (Å²) in [6, 6.07) is 0. The zero-order valence-electron chi connectivity index (χ0n) is 41.1. The van der Waals surface area contributed by atoms with Crippen molar-refractivity contribution in [1.82, 2.24) is 0 Å². The molecule has 2 aliphatic rings. The minimum absolute atomic E-state index is 0.155. The number of carbonyl (C=O) groups excluding carboxylic acids is 2. The highest BCUT2D eigenvalue weighted by molar-refractivity contribution is 5.70. The number of allylic oxidation sites excluding steroid dienone is 6. The second kappa shape index (κ2) is 39.4. The van der Waals surface area contributed by atoms with Gasteiger partial charge in [-0.3, -0.25) is 9.59 Å². The van der Waals surface area contributed by atoms with E-state index in [2.05, 4.69) is 50.3 Å². The number of rotatable bonds is 40. The molecule has 0 aromatic carbocycles. The van der Waals surface area contributed by atoms with Gasteiger partial charge in [0.1, 0.15) is 55.4 Å². The average Bonchev–Trinajstić information content (AvgIpc) is 3.32. The number of ether oxygens (including phenoxy) is 6. The lowest BCUT2D eigenvalue weighted by Crippen LogP contribution is -2.61. The molecule has 390 valence electrons. The number of hydrogen-bond donors (Lipinski definition) is 7. The number of aliphatic hydroxyl groups is 7. The molecule has 7 N–H and O–H groups in total. The van der Waals surface area contributed by atoms with Gasteiger partial charge in [0.2, 0.25) is 0 Å². The van der Waals surface area contributed by atoms with Crippen LogP contribution in [-0.2, 0) is 38.0 Å². The minimum atomic E-state index is -1.77. The molecular weight excluding hydrogens is 865 g/mol. The van der Waals surface area contributed by atoms with Gasteiger partial charge in [-0.15, -0.1) is 0 Å². The fraction of sp³-hybridized carbons (Fsp3) is 0.846. The van der Waals surface area contributed by atoms with E-state index in [0.29, 0.717) is 12.8 Å². The highest BCUT2D eigenvalue weighted by Gasteiger charge is 2.47. The van der Waals surface area contributed by atoms with Gasteiger partial charge >= 0.3 is 11.9 Å². The van der Waals surface area contributed by atoms with Crippen LogP contribution in [0.5, 0.6) is 0 Å². The van der Waals surface area contributed by atoms with Crippen LogP contribution in [0, 0.1) is 0 Å². The van der Waals surface area contributed by atoms with Gasteiger partial charge in [-0.2, -0.15) is 0 Å². The van der Waals surface area contributed by atoms with Crippen LogP contribution in [0.2, 0.25) is 0 Å². The molecule has 11 unspecified atom stereocenters. The van der Waals surface area contributed by atoms with Crippen molar-refractivity contribution in [3.63, 3.8) is 0 Å². The second-order valence-electron chi connectivity index (χ2n) is 18.3. The van der Waals surface area contributed by atoms with Crippen LogP contribution in [0.15, 0.2) is 36.5 Å². The van der Waals surface area contributed by atoms with Gasteiger partial charge < -0.3 is 64.2 Å². The Balaban J connectivity index is 1.81. The van der Waals surface area contributed by atoms with Crippen molar-refractivity contribution in [3.8, 4) is 0 Å². The first kappa shape index (κ1) is 60.8. The summed E-state index contributed by atoms with van der Waals surface area (Å²) in [6.07, 6.45) is 24.5. The maximum atomic E-state index is 13.0. The molecular formula is C52H92O15. The van der Waals surface area contributed by atoms with Crippen LogP contribution < -0.4 is 0 Å². The molecule has 2 heterocycles. The van der Waals surface area contributed by atoms with E-state index in [1.807, 2.05) is 0 Å². The quantitative estimate of drug-likeness (QED) is 0.0181. The predicted octanol–water partition coefficient (Wildman–Crippen LogP) is 7.32. The van der Waals surface area contributed by atoms with Crippen molar-refractivity contribution in [3.05, 3.63) is 36.5 Å². The van der Waals surface area contributed by atoms with Crippen LogP contribution in [0.3, 0.4) is 0 Å². The lowest BCUT2D eigenvalue weighted by molar-refractivity contribution is -0.332. The topological polar surface area (TPSA) is 231 Å². The maximum Gasteiger partial charge on any atom is 0.306 e. The summed E-state index contributed by atoms with van der Waals surface area (Å²) in [5.41, 5.74) is 0. The third kappa shape index (κ3) is 27.6. The van der Waals surface area contributed by atoms with E-state index in [1.165, 1.54) is 64.2 Å². The zero-order chi connectivity index (χ0) is 48.9. The fourth-order valence-corrected chi connectivity index (χ4v) is 8.11. The van der Waals surface area contributed by atoms with Crippen molar-refractivity contribution in [2.24, 2.45) is 0 Å². The van der Waals surface area contributed by atoms with E-state index in [9.17, 15) is 45.3 Å². The Morgan fingerprint density at radius 1 is 0.493 bits per heavy atom. The zero-order valence-corrected chi connectivity index (χ0v) is 41.1. The van der Waals surface area contributed by atoms with Gasteiger partial charge in [0.25, 0.3) is 0 Å². The average molecular weight is 957 g/mol. The molecule has 2 rings (SSSR count). The van der Waals surface area contributed by atoms with Crippen LogP contribution in [0.1, 0.15) is 187 Å². The molecule has 0 radical (unpaired) electrons. The SMILES string of the molecule is CC/C=C\C/C=C\C/C=C\CCCCCCCCCC(=O)OC(COC(=O)CCCCCCCCCCCCCCCC)COC1OC(COC2OC(CO)C(O)C(O)C2O)C(O)C(O)C1O.